The first-order valence-electron chi connectivity index (χ1n) is 20.0. The highest BCUT2D eigenvalue weighted by Crippen LogP contribution is 2.53. The maximum absolute atomic E-state index is 6.59. The Balaban J connectivity index is 1.13. The summed E-state index contributed by atoms with van der Waals surface area (Å²) in [5.74, 6) is 0. The summed E-state index contributed by atoms with van der Waals surface area (Å²) < 4.78 is 13.1. The lowest BCUT2D eigenvalue weighted by atomic mass is 9.82. The molecular formula is C55H37NO2. The first-order valence-corrected chi connectivity index (χ1v) is 20.0. The molecule has 58 heavy (non-hydrogen) atoms. The molecule has 0 unspecified atom stereocenters. The van der Waals surface area contributed by atoms with E-state index in [-0.39, 0.29) is 5.41 Å². The van der Waals surface area contributed by atoms with Gasteiger partial charge in [0.05, 0.1) is 5.69 Å². The van der Waals surface area contributed by atoms with Crippen molar-refractivity contribution in [2.75, 3.05) is 4.90 Å². The van der Waals surface area contributed by atoms with E-state index >= 15 is 0 Å². The summed E-state index contributed by atoms with van der Waals surface area (Å²) in [6, 6.07) is 67.8. The van der Waals surface area contributed by atoms with Gasteiger partial charge in [-0.3, -0.25) is 0 Å². The second kappa shape index (κ2) is 12.3. The molecule has 0 aliphatic heterocycles. The first kappa shape index (κ1) is 32.8. The summed E-state index contributed by atoms with van der Waals surface area (Å²) in [5, 5.41) is 6.86. The van der Waals surface area contributed by atoms with Gasteiger partial charge in [0.2, 0.25) is 0 Å². The first-order chi connectivity index (χ1) is 28.5. The van der Waals surface area contributed by atoms with E-state index in [0.717, 1.165) is 83.2 Å². The van der Waals surface area contributed by atoms with Crippen molar-refractivity contribution in [2.45, 2.75) is 19.3 Å². The van der Waals surface area contributed by atoms with Crippen LogP contribution in [0.15, 0.2) is 197 Å². The van der Waals surface area contributed by atoms with Gasteiger partial charge in [0.15, 0.2) is 0 Å². The van der Waals surface area contributed by atoms with Crippen LogP contribution < -0.4 is 4.90 Å². The van der Waals surface area contributed by atoms with E-state index in [4.69, 9.17) is 8.83 Å². The zero-order chi connectivity index (χ0) is 38.5. The highest BCUT2D eigenvalue weighted by Gasteiger charge is 2.36. The van der Waals surface area contributed by atoms with Gasteiger partial charge in [0.25, 0.3) is 0 Å². The Morgan fingerprint density at radius 3 is 1.90 bits per heavy atom. The summed E-state index contributed by atoms with van der Waals surface area (Å²) in [4.78, 5) is 2.45. The minimum absolute atomic E-state index is 0.161. The normalized spacial score (nSPS) is 13.1. The number of hydrogen-bond acceptors (Lipinski definition) is 3. The van der Waals surface area contributed by atoms with Crippen molar-refractivity contribution in [2.24, 2.45) is 0 Å². The fourth-order valence-electron chi connectivity index (χ4n) is 9.73. The number of nitrogens with zero attached hydrogens (tertiary/aromatic N) is 1. The zero-order valence-corrected chi connectivity index (χ0v) is 32.2. The highest BCUT2D eigenvalue weighted by molar-refractivity contribution is 6.19. The Labute approximate surface area is 336 Å². The van der Waals surface area contributed by atoms with E-state index in [2.05, 4.69) is 189 Å². The van der Waals surface area contributed by atoms with Crippen molar-refractivity contribution in [3.63, 3.8) is 0 Å². The number of benzene rings is 9. The molecule has 3 nitrogen and oxygen atoms in total. The predicted octanol–water partition coefficient (Wildman–Crippen LogP) is 15.7. The molecule has 0 saturated heterocycles. The Kier molecular flexibility index (Phi) is 6.98. The Bertz CT molecular complexity index is 3430. The molecule has 12 rings (SSSR count). The van der Waals surface area contributed by atoms with Crippen LogP contribution in [0, 0.1) is 0 Å². The molecule has 0 amide bonds. The fourth-order valence-corrected chi connectivity index (χ4v) is 9.73. The second-order valence-electron chi connectivity index (χ2n) is 16.0. The summed E-state index contributed by atoms with van der Waals surface area (Å²) >= 11 is 0. The SMILES string of the molecule is CC1(C)c2ccccc2-c2ccc(N(c3ccc(-c4cccc5c4oc4ccccc45)cc3)c3ccc4oc5ccccc5c4c3-c3cccc4ccccc34)cc21. The van der Waals surface area contributed by atoms with Crippen LogP contribution in [0.3, 0.4) is 0 Å². The summed E-state index contributed by atoms with van der Waals surface area (Å²) in [7, 11) is 0. The molecule has 0 fully saturated rings. The largest absolute Gasteiger partial charge is 0.456 e. The maximum Gasteiger partial charge on any atom is 0.143 e. The predicted molar refractivity (Wildman–Crippen MR) is 242 cm³/mol. The van der Waals surface area contributed by atoms with Crippen molar-refractivity contribution in [3.8, 4) is 33.4 Å². The zero-order valence-electron chi connectivity index (χ0n) is 32.2. The van der Waals surface area contributed by atoms with Gasteiger partial charge in [-0.1, -0.05) is 153 Å². The molecule has 274 valence electrons. The van der Waals surface area contributed by atoms with Crippen LogP contribution in [-0.2, 0) is 5.41 Å². The molecule has 0 atom stereocenters. The van der Waals surface area contributed by atoms with Gasteiger partial charge < -0.3 is 13.7 Å². The third-order valence-electron chi connectivity index (χ3n) is 12.5. The highest BCUT2D eigenvalue weighted by atomic mass is 16.3. The van der Waals surface area contributed by atoms with Gasteiger partial charge in [0.1, 0.15) is 22.3 Å². The fraction of sp³-hybridized carbons (Fsp3) is 0.0545. The molecular weight excluding hydrogens is 707 g/mol. The van der Waals surface area contributed by atoms with Gasteiger partial charge in [-0.25, -0.2) is 0 Å². The average Bonchev–Trinajstić information content (AvgIpc) is 3.92. The Morgan fingerprint density at radius 1 is 0.414 bits per heavy atom. The van der Waals surface area contributed by atoms with E-state index in [1.54, 1.807) is 0 Å². The van der Waals surface area contributed by atoms with E-state index in [1.807, 2.05) is 18.2 Å². The molecule has 1 aliphatic rings. The van der Waals surface area contributed by atoms with Gasteiger partial charge in [-0.2, -0.15) is 0 Å². The molecule has 11 aromatic rings. The average molecular weight is 744 g/mol. The quantitative estimate of drug-likeness (QED) is 0.176. The summed E-state index contributed by atoms with van der Waals surface area (Å²) in [6.45, 7) is 4.70. The molecule has 0 bridgehead atoms. The topological polar surface area (TPSA) is 29.5 Å². The summed E-state index contributed by atoms with van der Waals surface area (Å²) in [5.41, 5.74) is 16.4. The third kappa shape index (κ3) is 4.74. The number of anilines is 3. The smallest absolute Gasteiger partial charge is 0.143 e. The number of rotatable bonds is 5. The van der Waals surface area contributed by atoms with Crippen LogP contribution in [-0.4, -0.2) is 0 Å². The van der Waals surface area contributed by atoms with E-state index in [9.17, 15) is 0 Å². The van der Waals surface area contributed by atoms with Crippen molar-refractivity contribution in [1.82, 2.24) is 0 Å². The van der Waals surface area contributed by atoms with Crippen molar-refractivity contribution in [3.05, 3.63) is 199 Å². The maximum atomic E-state index is 6.59. The van der Waals surface area contributed by atoms with Gasteiger partial charge >= 0.3 is 0 Å². The second-order valence-corrected chi connectivity index (χ2v) is 16.0. The lowest BCUT2D eigenvalue weighted by molar-refractivity contribution is 0.660. The molecule has 0 radical (unpaired) electrons. The number of hydrogen-bond donors (Lipinski definition) is 0. The molecule has 0 N–H and O–H groups in total. The van der Waals surface area contributed by atoms with E-state index in [1.165, 1.54) is 33.0 Å². The molecule has 2 aromatic heterocycles. The minimum Gasteiger partial charge on any atom is -0.456 e. The molecule has 3 heteroatoms. The molecule has 1 aliphatic carbocycles. The monoisotopic (exact) mass is 743 g/mol. The van der Waals surface area contributed by atoms with Crippen LogP contribution in [0.4, 0.5) is 17.1 Å². The number of fused-ring (bicyclic) bond motifs is 10. The van der Waals surface area contributed by atoms with Crippen molar-refractivity contribution >= 4 is 71.7 Å². The van der Waals surface area contributed by atoms with Crippen molar-refractivity contribution in [1.29, 1.82) is 0 Å². The van der Waals surface area contributed by atoms with E-state index in [0.29, 0.717) is 0 Å². The standard InChI is InChI=1S/C55H37NO2/c1-55(2)46-22-8-5-16-40(46)41-30-29-37(33-47(41)55)56(36-27-25-35(26-28-36)39-19-12-21-44-42-17-6-9-23-49(42)58-54(39)44)48-31-32-51-53(45-18-7-10-24-50(45)57-51)52(48)43-20-11-14-34-13-3-4-15-38(34)43/h3-33H,1-2H3. The van der Waals surface area contributed by atoms with Crippen LogP contribution >= 0.6 is 0 Å². The van der Waals surface area contributed by atoms with Crippen LogP contribution in [0.5, 0.6) is 0 Å². The van der Waals surface area contributed by atoms with E-state index < -0.39 is 0 Å². The van der Waals surface area contributed by atoms with Crippen LogP contribution in [0.1, 0.15) is 25.0 Å². The van der Waals surface area contributed by atoms with Gasteiger partial charge in [0, 0.05) is 49.5 Å². The molecule has 0 saturated carbocycles. The van der Waals surface area contributed by atoms with Crippen molar-refractivity contribution < 1.29 is 8.83 Å². The van der Waals surface area contributed by atoms with Gasteiger partial charge in [-0.15, -0.1) is 0 Å². The molecule has 9 aromatic carbocycles. The van der Waals surface area contributed by atoms with Crippen LogP contribution in [0.25, 0.3) is 88.0 Å². The molecule has 0 spiro atoms. The summed E-state index contributed by atoms with van der Waals surface area (Å²) in [6.07, 6.45) is 0. The van der Waals surface area contributed by atoms with Gasteiger partial charge in [-0.05, 0) is 92.7 Å². The minimum atomic E-state index is -0.161. The lowest BCUT2D eigenvalue weighted by Crippen LogP contribution is -2.17. The number of furan rings is 2. The Morgan fingerprint density at radius 2 is 1.03 bits per heavy atom. The van der Waals surface area contributed by atoms with Crippen LogP contribution in [0.2, 0.25) is 0 Å². The number of para-hydroxylation sites is 3. The molecule has 2 heterocycles. The lowest BCUT2D eigenvalue weighted by Gasteiger charge is -2.30. The third-order valence-corrected chi connectivity index (χ3v) is 12.5. The Hall–Kier alpha value is -7.36.